The van der Waals surface area contributed by atoms with Gasteiger partial charge in [-0.1, -0.05) is 54.9 Å². The van der Waals surface area contributed by atoms with Crippen molar-refractivity contribution >= 4 is 0 Å². The van der Waals surface area contributed by atoms with Gasteiger partial charge in [0.25, 0.3) is 0 Å². The molecule has 0 spiro atoms. The van der Waals surface area contributed by atoms with E-state index in [1.807, 2.05) is 0 Å². The van der Waals surface area contributed by atoms with Gasteiger partial charge in [0.2, 0.25) is 0 Å². The van der Waals surface area contributed by atoms with Crippen molar-refractivity contribution in [3.05, 3.63) is 0 Å². The van der Waals surface area contributed by atoms with Crippen molar-refractivity contribution in [1.29, 1.82) is 0 Å². The van der Waals surface area contributed by atoms with E-state index in [9.17, 15) is 0 Å². The summed E-state index contributed by atoms with van der Waals surface area (Å²) in [6.07, 6.45) is 2.59. The molecule has 0 rings (SSSR count). The van der Waals surface area contributed by atoms with Crippen molar-refractivity contribution in [3.63, 3.8) is 0 Å². The van der Waals surface area contributed by atoms with Gasteiger partial charge in [-0.3, -0.25) is 0 Å². The maximum atomic E-state index is 2.46. The summed E-state index contributed by atoms with van der Waals surface area (Å²) in [5.41, 5.74) is 0.878. The predicted molar refractivity (Wildman–Crippen MR) is 83.7 cm³/mol. The van der Waals surface area contributed by atoms with Gasteiger partial charge in [-0.2, -0.15) is 0 Å². The van der Waals surface area contributed by atoms with E-state index in [0.717, 1.165) is 16.3 Å². The van der Waals surface area contributed by atoms with Gasteiger partial charge in [0, 0.05) is 5.92 Å². The number of hydrogen-bond acceptors (Lipinski definition) is 0. The first-order chi connectivity index (χ1) is 7.78. The van der Waals surface area contributed by atoms with Gasteiger partial charge < -0.3 is 4.48 Å². The summed E-state index contributed by atoms with van der Waals surface area (Å²) >= 11 is 0. The summed E-state index contributed by atoms with van der Waals surface area (Å²) in [6.45, 7) is 18.1. The van der Waals surface area contributed by atoms with E-state index < -0.39 is 0 Å². The van der Waals surface area contributed by atoms with Crippen LogP contribution in [0, 0.1) is 22.7 Å². The molecule has 2 atom stereocenters. The first-order valence-corrected chi connectivity index (χ1v) is 7.59. The first-order valence-electron chi connectivity index (χ1n) is 7.59. The average Bonchev–Trinajstić information content (AvgIpc) is 2.09. The molecule has 0 N–H and O–H groups in total. The monoisotopic (exact) mass is 256 g/mol. The summed E-state index contributed by atoms with van der Waals surface area (Å²) in [6, 6.07) is 0. The fourth-order valence-electron chi connectivity index (χ4n) is 3.16. The molecule has 0 radical (unpaired) electrons. The average molecular weight is 256 g/mol. The van der Waals surface area contributed by atoms with Gasteiger partial charge in [-0.15, -0.1) is 0 Å². The second-order valence-electron chi connectivity index (χ2n) is 9.16. The van der Waals surface area contributed by atoms with Crippen molar-refractivity contribution in [2.75, 3.05) is 27.7 Å². The zero-order valence-electron chi connectivity index (χ0n) is 14.7. The maximum absolute atomic E-state index is 2.46. The Kier molecular flexibility index (Phi) is 5.93. The largest absolute Gasteiger partial charge is 0.331 e. The highest BCUT2D eigenvalue weighted by Crippen LogP contribution is 2.41. The van der Waals surface area contributed by atoms with Gasteiger partial charge in [-0.05, 0) is 23.2 Å². The van der Waals surface area contributed by atoms with Crippen LogP contribution in [0.15, 0.2) is 0 Å². The third kappa shape index (κ3) is 6.78. The zero-order valence-corrected chi connectivity index (χ0v) is 14.7. The Morgan fingerprint density at radius 3 is 1.67 bits per heavy atom. The van der Waals surface area contributed by atoms with Crippen molar-refractivity contribution < 1.29 is 4.48 Å². The van der Waals surface area contributed by atoms with Crippen LogP contribution >= 0.6 is 0 Å². The molecule has 18 heavy (non-hydrogen) atoms. The molecule has 0 aliphatic carbocycles. The van der Waals surface area contributed by atoms with Crippen LogP contribution in [0.4, 0.5) is 0 Å². The molecule has 0 amide bonds. The van der Waals surface area contributed by atoms with Crippen LogP contribution in [0.3, 0.4) is 0 Å². The highest BCUT2D eigenvalue weighted by molar-refractivity contribution is 4.83. The first kappa shape index (κ1) is 18.0. The van der Waals surface area contributed by atoms with E-state index in [2.05, 4.69) is 69.6 Å². The standard InChI is InChI=1S/C17H38N/c1-11-17(6,7)15(13-18(8,9)10)14(2)12-16(3,4)5/h14-15H,11-13H2,1-10H3/q+1. The van der Waals surface area contributed by atoms with Crippen molar-refractivity contribution in [2.24, 2.45) is 22.7 Å². The molecule has 1 nitrogen and oxygen atoms in total. The maximum Gasteiger partial charge on any atom is 0.0816 e. The molecular weight excluding hydrogens is 218 g/mol. The van der Waals surface area contributed by atoms with Crippen LogP contribution in [0.25, 0.3) is 0 Å². The molecule has 0 heterocycles. The van der Waals surface area contributed by atoms with Crippen LogP contribution in [0.2, 0.25) is 0 Å². The highest BCUT2D eigenvalue weighted by atomic mass is 15.3. The summed E-state index contributed by atoms with van der Waals surface area (Å²) < 4.78 is 1.07. The smallest absolute Gasteiger partial charge is 0.0816 e. The van der Waals surface area contributed by atoms with Crippen LogP contribution in [-0.2, 0) is 0 Å². The SMILES string of the molecule is CCC(C)(C)C(C[N+](C)(C)C)C(C)CC(C)(C)C. The lowest BCUT2D eigenvalue weighted by Gasteiger charge is -2.43. The molecule has 1 heteroatoms. The van der Waals surface area contributed by atoms with Gasteiger partial charge in [0.15, 0.2) is 0 Å². The fraction of sp³-hybridized carbons (Fsp3) is 1.00. The molecule has 0 fully saturated rings. The third-order valence-corrected chi connectivity index (χ3v) is 4.28. The molecule has 0 bridgehead atoms. The van der Waals surface area contributed by atoms with E-state index in [0.29, 0.717) is 10.8 Å². The molecule has 0 aliphatic rings. The van der Waals surface area contributed by atoms with E-state index in [-0.39, 0.29) is 0 Å². The van der Waals surface area contributed by atoms with Gasteiger partial charge in [0.05, 0.1) is 27.7 Å². The van der Waals surface area contributed by atoms with Crippen molar-refractivity contribution in [3.8, 4) is 0 Å². The van der Waals surface area contributed by atoms with Crippen LogP contribution in [-0.4, -0.2) is 32.2 Å². The molecule has 0 aromatic rings. The predicted octanol–water partition coefficient (Wildman–Crippen LogP) is 4.82. The summed E-state index contributed by atoms with van der Waals surface area (Å²) in [7, 11) is 6.97. The molecule has 2 unspecified atom stereocenters. The van der Waals surface area contributed by atoms with Crippen molar-refractivity contribution in [2.45, 2.75) is 61.3 Å². The molecule has 0 aromatic heterocycles. The van der Waals surface area contributed by atoms with Gasteiger partial charge in [-0.25, -0.2) is 0 Å². The van der Waals surface area contributed by atoms with Crippen molar-refractivity contribution in [1.82, 2.24) is 0 Å². The fourth-order valence-corrected chi connectivity index (χ4v) is 3.16. The van der Waals surface area contributed by atoms with Crippen LogP contribution in [0.1, 0.15) is 61.3 Å². The topological polar surface area (TPSA) is 0 Å². The van der Waals surface area contributed by atoms with Gasteiger partial charge in [0.1, 0.15) is 0 Å². The number of quaternary nitrogens is 1. The second-order valence-corrected chi connectivity index (χ2v) is 9.16. The molecular formula is C17H38N+. The Morgan fingerprint density at radius 1 is 0.944 bits per heavy atom. The second kappa shape index (κ2) is 5.94. The van der Waals surface area contributed by atoms with E-state index in [1.54, 1.807) is 0 Å². The number of nitrogens with zero attached hydrogens (tertiary/aromatic N) is 1. The summed E-state index contributed by atoms with van der Waals surface area (Å²) in [5.74, 6) is 1.58. The molecule has 0 aromatic carbocycles. The lowest BCUT2D eigenvalue weighted by Crippen LogP contribution is -2.46. The Balaban J connectivity index is 4.99. The number of hydrogen-bond donors (Lipinski definition) is 0. The lowest BCUT2D eigenvalue weighted by molar-refractivity contribution is -0.875. The summed E-state index contributed by atoms with van der Waals surface area (Å²) in [4.78, 5) is 0. The van der Waals surface area contributed by atoms with E-state index in [1.165, 1.54) is 19.4 Å². The zero-order chi connectivity index (χ0) is 14.8. The quantitative estimate of drug-likeness (QED) is 0.598. The van der Waals surface area contributed by atoms with E-state index >= 15 is 0 Å². The number of rotatable bonds is 6. The molecule has 110 valence electrons. The summed E-state index contributed by atoms with van der Waals surface area (Å²) in [5, 5.41) is 0. The minimum Gasteiger partial charge on any atom is -0.331 e. The lowest BCUT2D eigenvalue weighted by atomic mass is 9.67. The Bertz CT molecular complexity index is 239. The highest BCUT2D eigenvalue weighted by Gasteiger charge is 2.37. The van der Waals surface area contributed by atoms with E-state index in [4.69, 9.17) is 0 Å². The Morgan fingerprint density at radius 2 is 1.39 bits per heavy atom. The minimum absolute atomic E-state index is 0.437. The third-order valence-electron chi connectivity index (χ3n) is 4.28. The van der Waals surface area contributed by atoms with Gasteiger partial charge >= 0.3 is 0 Å². The Labute approximate surface area is 117 Å². The minimum atomic E-state index is 0.437. The Hall–Kier alpha value is -0.0400. The normalized spacial score (nSPS) is 17.7. The van der Waals surface area contributed by atoms with Crippen LogP contribution < -0.4 is 0 Å². The molecule has 0 saturated heterocycles. The van der Waals surface area contributed by atoms with Crippen LogP contribution in [0.5, 0.6) is 0 Å². The molecule has 0 aliphatic heterocycles. The molecule has 0 saturated carbocycles.